The molecule has 0 aliphatic carbocycles. The minimum Gasteiger partial charge on any atom is -0.392 e. The number of aromatic nitrogens is 2. The number of hydrogen-bond acceptors (Lipinski definition) is 4. The van der Waals surface area contributed by atoms with Crippen molar-refractivity contribution in [1.82, 2.24) is 9.78 Å². The molecule has 1 aromatic carbocycles. The fraction of sp³-hybridized carbons (Fsp3) is 0.182. The summed E-state index contributed by atoms with van der Waals surface area (Å²) in [4.78, 5) is 10.4. The Hall–Kier alpha value is -1.92. The number of hydrogen-bond donors (Lipinski definition) is 1. The van der Waals surface area contributed by atoms with Crippen molar-refractivity contribution in [3.63, 3.8) is 0 Å². The number of halogens is 1. The van der Waals surface area contributed by atoms with Crippen LogP contribution >= 0.6 is 11.6 Å². The van der Waals surface area contributed by atoms with Gasteiger partial charge in [0.2, 0.25) is 0 Å². The molecule has 2 rings (SSSR count). The smallest absolute Gasteiger partial charge is 0.275 e. The van der Waals surface area contributed by atoms with Crippen LogP contribution in [0.5, 0.6) is 0 Å². The second-order valence-electron chi connectivity index (χ2n) is 3.70. The molecule has 1 N–H and O–H groups in total. The number of rotatable bonds is 4. The van der Waals surface area contributed by atoms with Crippen LogP contribution in [0.1, 0.15) is 11.1 Å². The third-order valence-corrected chi connectivity index (χ3v) is 2.83. The number of aliphatic hydroxyl groups excluding tert-OH is 1. The molecule has 1 heterocycles. The predicted octanol–water partition coefficient (Wildman–Crippen LogP) is 1.99. The number of aliphatic hydroxyl groups is 1. The van der Waals surface area contributed by atoms with E-state index in [-0.39, 0.29) is 18.8 Å². The standard InChI is InChI=1S/C11H10ClN3O3/c12-10-2-1-3-11(15(17)18)9(10)6-14-5-8(7-16)4-13-14/h1-5,16H,6-7H2. The van der Waals surface area contributed by atoms with Crippen molar-refractivity contribution in [2.24, 2.45) is 0 Å². The number of benzene rings is 1. The summed E-state index contributed by atoms with van der Waals surface area (Å²) in [6.45, 7) is 0.0700. The summed E-state index contributed by atoms with van der Waals surface area (Å²) >= 11 is 5.97. The van der Waals surface area contributed by atoms with Gasteiger partial charge in [-0.3, -0.25) is 14.8 Å². The van der Waals surface area contributed by atoms with Gasteiger partial charge in [-0.1, -0.05) is 17.7 Å². The van der Waals surface area contributed by atoms with Crippen molar-refractivity contribution < 1.29 is 10.0 Å². The molecule has 2 aromatic rings. The molecule has 0 saturated heterocycles. The monoisotopic (exact) mass is 267 g/mol. The summed E-state index contributed by atoms with van der Waals surface area (Å²) in [6.07, 6.45) is 3.12. The summed E-state index contributed by atoms with van der Waals surface area (Å²) in [5, 5.41) is 24.2. The fourth-order valence-corrected chi connectivity index (χ4v) is 1.84. The molecule has 0 bridgehead atoms. The molecule has 0 spiro atoms. The van der Waals surface area contributed by atoms with Crippen molar-refractivity contribution in [2.75, 3.05) is 0 Å². The second-order valence-corrected chi connectivity index (χ2v) is 4.11. The molecular formula is C11H10ClN3O3. The van der Waals surface area contributed by atoms with Gasteiger partial charge in [-0.25, -0.2) is 0 Å². The molecule has 0 atom stereocenters. The lowest BCUT2D eigenvalue weighted by Crippen LogP contribution is -2.04. The zero-order chi connectivity index (χ0) is 13.1. The highest BCUT2D eigenvalue weighted by Gasteiger charge is 2.17. The van der Waals surface area contributed by atoms with E-state index in [1.54, 1.807) is 12.3 Å². The Kier molecular flexibility index (Phi) is 3.59. The molecule has 94 valence electrons. The van der Waals surface area contributed by atoms with E-state index in [1.807, 2.05) is 0 Å². The Bertz CT molecular complexity index is 583. The third-order valence-electron chi connectivity index (χ3n) is 2.48. The van der Waals surface area contributed by atoms with E-state index in [0.717, 1.165) is 0 Å². The lowest BCUT2D eigenvalue weighted by molar-refractivity contribution is -0.385. The normalized spacial score (nSPS) is 10.6. The summed E-state index contributed by atoms with van der Waals surface area (Å²) in [5.74, 6) is 0. The van der Waals surface area contributed by atoms with Gasteiger partial charge in [0.15, 0.2) is 0 Å². The van der Waals surface area contributed by atoms with Crippen LogP contribution in [0, 0.1) is 10.1 Å². The van der Waals surface area contributed by atoms with Crippen molar-refractivity contribution in [1.29, 1.82) is 0 Å². The van der Waals surface area contributed by atoms with E-state index >= 15 is 0 Å². The lowest BCUT2D eigenvalue weighted by atomic mass is 10.2. The van der Waals surface area contributed by atoms with Crippen LogP contribution in [-0.4, -0.2) is 19.8 Å². The molecule has 1 aromatic heterocycles. The van der Waals surface area contributed by atoms with Gasteiger partial charge in [0, 0.05) is 17.8 Å². The van der Waals surface area contributed by atoms with E-state index in [9.17, 15) is 10.1 Å². The zero-order valence-corrected chi connectivity index (χ0v) is 10.0. The van der Waals surface area contributed by atoms with Gasteiger partial charge in [0.05, 0.1) is 34.9 Å². The Morgan fingerprint density at radius 1 is 1.50 bits per heavy atom. The quantitative estimate of drug-likeness (QED) is 0.678. The first-order valence-electron chi connectivity index (χ1n) is 5.16. The highest BCUT2D eigenvalue weighted by molar-refractivity contribution is 6.31. The molecule has 0 radical (unpaired) electrons. The first-order valence-corrected chi connectivity index (χ1v) is 5.53. The number of nitro groups is 1. The number of nitro benzene ring substituents is 1. The van der Waals surface area contributed by atoms with Crippen LogP contribution in [0.2, 0.25) is 5.02 Å². The SMILES string of the molecule is O=[N+]([O-])c1cccc(Cl)c1Cn1cc(CO)cn1. The second kappa shape index (κ2) is 5.16. The Morgan fingerprint density at radius 3 is 2.89 bits per heavy atom. The average Bonchev–Trinajstić information content (AvgIpc) is 2.79. The molecule has 0 amide bonds. The van der Waals surface area contributed by atoms with Gasteiger partial charge in [-0.15, -0.1) is 0 Å². The van der Waals surface area contributed by atoms with Gasteiger partial charge in [-0.05, 0) is 6.07 Å². The third kappa shape index (κ3) is 2.49. The first-order chi connectivity index (χ1) is 8.61. The summed E-state index contributed by atoms with van der Waals surface area (Å²) in [5.41, 5.74) is 1.00. The number of nitrogens with zero attached hydrogens (tertiary/aromatic N) is 3. The fourth-order valence-electron chi connectivity index (χ4n) is 1.61. The maximum absolute atomic E-state index is 10.9. The van der Waals surface area contributed by atoms with Crippen molar-refractivity contribution >= 4 is 17.3 Å². The van der Waals surface area contributed by atoms with E-state index < -0.39 is 4.92 Å². The topological polar surface area (TPSA) is 81.2 Å². The largest absolute Gasteiger partial charge is 0.392 e. The average molecular weight is 268 g/mol. The first kappa shape index (κ1) is 12.5. The van der Waals surface area contributed by atoms with E-state index in [4.69, 9.17) is 16.7 Å². The van der Waals surface area contributed by atoms with Gasteiger partial charge < -0.3 is 5.11 Å². The Morgan fingerprint density at radius 2 is 2.28 bits per heavy atom. The molecule has 7 heteroatoms. The predicted molar refractivity (Wildman–Crippen MR) is 65.4 cm³/mol. The Labute approximate surface area is 108 Å². The maximum Gasteiger partial charge on any atom is 0.275 e. The molecular weight excluding hydrogens is 258 g/mol. The maximum atomic E-state index is 10.9. The van der Waals surface area contributed by atoms with Gasteiger partial charge in [0.1, 0.15) is 0 Å². The summed E-state index contributed by atoms with van der Waals surface area (Å²) in [6, 6.07) is 4.53. The molecule has 0 fully saturated rings. The lowest BCUT2D eigenvalue weighted by Gasteiger charge is -2.05. The Balaban J connectivity index is 2.36. The van der Waals surface area contributed by atoms with Crippen LogP contribution in [0.15, 0.2) is 30.6 Å². The highest BCUT2D eigenvalue weighted by Crippen LogP contribution is 2.26. The van der Waals surface area contributed by atoms with Crippen molar-refractivity contribution in [2.45, 2.75) is 13.2 Å². The minimum absolute atomic E-state index is 0.0384. The van der Waals surface area contributed by atoms with Crippen LogP contribution in [-0.2, 0) is 13.2 Å². The van der Waals surface area contributed by atoms with Crippen molar-refractivity contribution in [3.05, 3.63) is 56.9 Å². The molecule has 0 saturated carbocycles. The molecule has 0 aliphatic heterocycles. The van der Waals surface area contributed by atoms with Crippen LogP contribution < -0.4 is 0 Å². The van der Waals surface area contributed by atoms with Crippen LogP contribution in [0.25, 0.3) is 0 Å². The van der Waals surface area contributed by atoms with Gasteiger partial charge >= 0.3 is 0 Å². The minimum atomic E-state index is -0.475. The molecule has 0 aliphatic rings. The zero-order valence-electron chi connectivity index (χ0n) is 9.28. The highest BCUT2D eigenvalue weighted by atomic mass is 35.5. The summed E-state index contributed by atoms with van der Waals surface area (Å²) in [7, 11) is 0. The van der Waals surface area contributed by atoms with Gasteiger partial charge in [-0.2, -0.15) is 5.10 Å². The summed E-state index contributed by atoms with van der Waals surface area (Å²) < 4.78 is 1.50. The molecule has 6 nitrogen and oxygen atoms in total. The van der Waals surface area contributed by atoms with E-state index in [1.165, 1.54) is 23.0 Å². The molecule has 18 heavy (non-hydrogen) atoms. The van der Waals surface area contributed by atoms with Crippen LogP contribution in [0.3, 0.4) is 0 Å². The van der Waals surface area contributed by atoms with Crippen molar-refractivity contribution in [3.8, 4) is 0 Å². The van der Waals surface area contributed by atoms with Gasteiger partial charge in [0.25, 0.3) is 5.69 Å². The molecule has 0 unspecified atom stereocenters. The van der Waals surface area contributed by atoms with E-state index in [0.29, 0.717) is 16.1 Å². The van der Waals surface area contributed by atoms with Crippen LogP contribution in [0.4, 0.5) is 5.69 Å². The van der Waals surface area contributed by atoms with E-state index in [2.05, 4.69) is 5.10 Å².